The van der Waals surface area contributed by atoms with Crippen LogP contribution in [0.15, 0.2) is 24.3 Å². The van der Waals surface area contributed by atoms with E-state index in [1.807, 2.05) is 0 Å². The summed E-state index contributed by atoms with van der Waals surface area (Å²) < 4.78 is 5.87. The molecule has 1 unspecified atom stereocenters. The van der Waals surface area contributed by atoms with E-state index in [1.54, 1.807) is 11.5 Å². The molecule has 0 saturated carbocycles. The van der Waals surface area contributed by atoms with Crippen LogP contribution < -0.4 is 10.2 Å². The Kier molecular flexibility index (Phi) is 5.02. The van der Waals surface area contributed by atoms with Gasteiger partial charge in [-0.3, -0.25) is 0 Å². The van der Waals surface area contributed by atoms with Gasteiger partial charge in [0, 0.05) is 25.0 Å². The smallest absolute Gasteiger partial charge is 0.149 e. The van der Waals surface area contributed by atoms with Crippen molar-refractivity contribution in [3.05, 3.63) is 24.3 Å². The lowest BCUT2D eigenvalue weighted by molar-refractivity contribution is 0.403. The monoisotopic (exact) mass is 297 g/mol. The van der Waals surface area contributed by atoms with Gasteiger partial charge < -0.3 is 10.2 Å². The molecule has 0 bridgehead atoms. The maximum atomic E-state index is 4.60. The van der Waals surface area contributed by atoms with Crippen LogP contribution in [-0.4, -0.2) is 30.6 Å². The molecule has 1 aliphatic heterocycles. The zero-order valence-corrected chi connectivity index (χ0v) is 12.8. The lowest BCUT2D eigenvalue weighted by atomic mass is 10.0. The van der Waals surface area contributed by atoms with Gasteiger partial charge in [-0.25, -0.2) is 0 Å². The van der Waals surface area contributed by atoms with Gasteiger partial charge in [0.25, 0.3) is 0 Å². The minimum absolute atomic E-state index is 0. The van der Waals surface area contributed by atoms with Gasteiger partial charge in [0.1, 0.15) is 5.82 Å². The third-order valence-corrected chi connectivity index (χ3v) is 4.44. The van der Waals surface area contributed by atoms with Gasteiger partial charge in [-0.1, -0.05) is 18.6 Å². The number of likely N-dealkylation sites (N-methyl/N-ethyl adjacent to an activating group) is 1. The first kappa shape index (κ1) is 14.6. The van der Waals surface area contributed by atoms with Crippen LogP contribution >= 0.6 is 23.9 Å². The fourth-order valence-corrected chi connectivity index (χ4v) is 3.46. The van der Waals surface area contributed by atoms with Crippen molar-refractivity contribution >= 4 is 39.8 Å². The zero-order chi connectivity index (χ0) is 12.4. The topological polar surface area (TPSA) is 28.2 Å². The molecule has 0 radical (unpaired) electrons. The molecule has 19 heavy (non-hydrogen) atoms. The quantitative estimate of drug-likeness (QED) is 0.942. The summed E-state index contributed by atoms with van der Waals surface area (Å²) in [4.78, 5) is 2.29. The molecule has 1 aliphatic rings. The molecule has 0 spiro atoms. The Bertz CT molecular complexity index is 522. The summed E-state index contributed by atoms with van der Waals surface area (Å²) in [5, 5.41) is 4.87. The first-order valence-electron chi connectivity index (χ1n) is 6.63. The fraction of sp³-hybridized carbons (Fsp3) is 0.500. The fourth-order valence-electron chi connectivity index (χ4n) is 2.64. The zero-order valence-electron chi connectivity index (χ0n) is 11.1. The van der Waals surface area contributed by atoms with Gasteiger partial charge >= 0.3 is 0 Å². The molecule has 1 saturated heterocycles. The largest absolute Gasteiger partial charge is 0.357 e. The highest BCUT2D eigenvalue weighted by molar-refractivity contribution is 7.13. The Morgan fingerprint density at radius 2 is 2.21 bits per heavy atom. The van der Waals surface area contributed by atoms with Crippen molar-refractivity contribution in [2.45, 2.75) is 25.3 Å². The number of rotatable bonds is 3. The van der Waals surface area contributed by atoms with Crippen LogP contribution in [0.3, 0.4) is 0 Å². The molecule has 1 N–H and O–H groups in total. The van der Waals surface area contributed by atoms with E-state index in [9.17, 15) is 0 Å². The second-order valence-corrected chi connectivity index (χ2v) is 5.83. The summed E-state index contributed by atoms with van der Waals surface area (Å²) in [6.07, 6.45) is 3.95. The molecule has 3 nitrogen and oxygen atoms in total. The Morgan fingerprint density at radius 3 is 3.00 bits per heavy atom. The van der Waals surface area contributed by atoms with Crippen LogP contribution in [0.5, 0.6) is 0 Å². The molecule has 1 fully saturated rings. The Hall–Kier alpha value is -0.840. The molecular formula is C14H20ClN3S. The summed E-state index contributed by atoms with van der Waals surface area (Å²) in [7, 11) is 2.15. The van der Waals surface area contributed by atoms with E-state index in [0.29, 0.717) is 6.04 Å². The first-order chi connectivity index (χ1) is 8.84. The third kappa shape index (κ3) is 3.19. The molecule has 1 aromatic carbocycles. The van der Waals surface area contributed by atoms with E-state index in [0.717, 1.165) is 18.9 Å². The molecule has 2 aromatic rings. The maximum Gasteiger partial charge on any atom is 0.149 e. The standard InChI is InChI=1S/C14H19N3S.ClH/c1-17(10-11-6-4-5-9-15-11)14-12-7-2-3-8-13(12)18-16-14;/h2-3,7-8,11,15H,4-6,9-10H2,1H3;1H. The van der Waals surface area contributed by atoms with Crippen molar-refractivity contribution in [1.29, 1.82) is 0 Å². The minimum atomic E-state index is 0. The molecule has 104 valence electrons. The van der Waals surface area contributed by atoms with Gasteiger partial charge in [-0.05, 0) is 43.1 Å². The highest BCUT2D eigenvalue weighted by atomic mass is 35.5. The van der Waals surface area contributed by atoms with Crippen LogP contribution in [0, 0.1) is 0 Å². The predicted molar refractivity (Wildman–Crippen MR) is 85.8 cm³/mol. The van der Waals surface area contributed by atoms with Crippen LogP contribution in [0.1, 0.15) is 19.3 Å². The molecule has 5 heteroatoms. The molecule has 3 rings (SSSR count). The summed E-state index contributed by atoms with van der Waals surface area (Å²) in [5.74, 6) is 1.13. The Morgan fingerprint density at radius 1 is 1.37 bits per heavy atom. The maximum absolute atomic E-state index is 4.60. The number of anilines is 1. The number of fused-ring (bicyclic) bond motifs is 1. The Labute approximate surface area is 124 Å². The molecule has 2 heterocycles. The van der Waals surface area contributed by atoms with Crippen LogP contribution in [-0.2, 0) is 0 Å². The Balaban J connectivity index is 0.00000133. The van der Waals surface area contributed by atoms with Gasteiger partial charge in [0.15, 0.2) is 0 Å². The van der Waals surface area contributed by atoms with Gasteiger partial charge in [-0.2, -0.15) is 4.37 Å². The molecular weight excluding hydrogens is 278 g/mol. The number of nitrogens with one attached hydrogen (secondary N) is 1. The molecule has 1 aromatic heterocycles. The van der Waals surface area contributed by atoms with Crippen molar-refractivity contribution in [3.8, 4) is 0 Å². The normalized spacial score (nSPS) is 19.1. The van der Waals surface area contributed by atoms with E-state index >= 15 is 0 Å². The van der Waals surface area contributed by atoms with Crippen LogP contribution in [0.25, 0.3) is 10.1 Å². The number of nitrogens with zero attached hydrogens (tertiary/aromatic N) is 2. The second kappa shape index (κ2) is 6.55. The second-order valence-electron chi connectivity index (χ2n) is 5.03. The molecule has 0 aliphatic carbocycles. The molecule has 0 amide bonds. The summed E-state index contributed by atoms with van der Waals surface area (Å²) in [6, 6.07) is 9.09. The highest BCUT2D eigenvalue weighted by Crippen LogP contribution is 2.28. The van der Waals surface area contributed by atoms with Crippen molar-refractivity contribution in [1.82, 2.24) is 9.69 Å². The van der Waals surface area contributed by atoms with E-state index in [4.69, 9.17) is 0 Å². The minimum Gasteiger partial charge on any atom is -0.357 e. The van der Waals surface area contributed by atoms with Crippen molar-refractivity contribution in [2.24, 2.45) is 0 Å². The van der Waals surface area contributed by atoms with Gasteiger partial charge in [-0.15, -0.1) is 12.4 Å². The van der Waals surface area contributed by atoms with E-state index in [2.05, 4.69) is 45.9 Å². The summed E-state index contributed by atoms with van der Waals surface area (Å²) in [5.41, 5.74) is 0. The number of benzene rings is 1. The van der Waals surface area contributed by atoms with E-state index < -0.39 is 0 Å². The summed E-state index contributed by atoms with van der Waals surface area (Å²) in [6.45, 7) is 2.21. The van der Waals surface area contributed by atoms with E-state index in [-0.39, 0.29) is 12.4 Å². The van der Waals surface area contributed by atoms with Crippen molar-refractivity contribution in [2.75, 3.05) is 25.0 Å². The average molecular weight is 298 g/mol. The number of halogens is 1. The summed E-state index contributed by atoms with van der Waals surface area (Å²) >= 11 is 1.59. The van der Waals surface area contributed by atoms with Gasteiger partial charge in [0.2, 0.25) is 0 Å². The first-order valence-corrected chi connectivity index (χ1v) is 7.41. The van der Waals surface area contributed by atoms with E-state index in [1.165, 1.54) is 29.3 Å². The number of hydrogen-bond acceptors (Lipinski definition) is 4. The number of hydrogen-bond donors (Lipinski definition) is 1. The predicted octanol–water partition coefficient (Wildman–Crippen LogP) is 3.30. The van der Waals surface area contributed by atoms with Crippen LogP contribution in [0.2, 0.25) is 0 Å². The average Bonchev–Trinajstić information content (AvgIpc) is 2.84. The van der Waals surface area contributed by atoms with Gasteiger partial charge in [0.05, 0.1) is 4.70 Å². The van der Waals surface area contributed by atoms with Crippen molar-refractivity contribution < 1.29 is 0 Å². The number of piperidine rings is 1. The molecule has 1 atom stereocenters. The lowest BCUT2D eigenvalue weighted by Gasteiger charge is -2.28. The SMILES string of the molecule is CN(CC1CCCCN1)c1nsc2ccccc12.Cl. The van der Waals surface area contributed by atoms with Crippen molar-refractivity contribution in [3.63, 3.8) is 0 Å². The van der Waals surface area contributed by atoms with Crippen LogP contribution in [0.4, 0.5) is 5.82 Å². The third-order valence-electron chi connectivity index (χ3n) is 3.63. The highest BCUT2D eigenvalue weighted by Gasteiger charge is 2.17. The number of aromatic nitrogens is 1. The lowest BCUT2D eigenvalue weighted by Crippen LogP contribution is -2.42.